The summed E-state index contributed by atoms with van der Waals surface area (Å²) in [5.41, 5.74) is 3.06. The Labute approximate surface area is 182 Å². The van der Waals surface area contributed by atoms with Crippen LogP contribution in [-0.2, 0) is 23.0 Å². The second kappa shape index (κ2) is 9.34. The van der Waals surface area contributed by atoms with Gasteiger partial charge in [-0.3, -0.25) is 9.88 Å². The molecule has 1 aliphatic rings. The van der Waals surface area contributed by atoms with Gasteiger partial charge in [-0.2, -0.15) is 4.31 Å². The lowest BCUT2D eigenvalue weighted by molar-refractivity contribution is 0.180. The Morgan fingerprint density at radius 2 is 1.80 bits per heavy atom. The fourth-order valence-corrected chi connectivity index (χ4v) is 5.82. The third-order valence-corrected chi connectivity index (χ3v) is 8.08. The van der Waals surface area contributed by atoms with Crippen molar-refractivity contribution < 1.29 is 8.42 Å². The van der Waals surface area contributed by atoms with Crippen molar-refractivity contribution in [2.24, 2.45) is 0 Å². The highest BCUT2D eigenvalue weighted by atomic mass is 32.2. The molecular weight excluding hydrogens is 416 g/mol. The molecular formula is C22H26N4O2S2. The van der Waals surface area contributed by atoms with Crippen LogP contribution in [0.1, 0.15) is 24.6 Å². The highest BCUT2D eigenvalue weighted by molar-refractivity contribution is 7.89. The highest BCUT2D eigenvalue weighted by Crippen LogP contribution is 2.23. The first-order valence-electron chi connectivity index (χ1n) is 10.2. The molecule has 1 aliphatic heterocycles. The molecule has 1 aromatic carbocycles. The monoisotopic (exact) mass is 442 g/mol. The van der Waals surface area contributed by atoms with Crippen molar-refractivity contribution in [3.63, 3.8) is 0 Å². The minimum Gasteiger partial charge on any atom is -0.295 e. The highest BCUT2D eigenvalue weighted by Gasteiger charge is 2.28. The summed E-state index contributed by atoms with van der Waals surface area (Å²) in [6.45, 7) is 5.23. The molecule has 1 saturated heterocycles. The molecule has 0 saturated carbocycles. The van der Waals surface area contributed by atoms with Crippen LogP contribution in [0, 0.1) is 0 Å². The van der Waals surface area contributed by atoms with E-state index in [9.17, 15) is 8.42 Å². The molecule has 1 fully saturated rings. The molecule has 0 unspecified atom stereocenters. The van der Waals surface area contributed by atoms with Crippen LogP contribution in [0.3, 0.4) is 0 Å². The molecule has 0 amide bonds. The van der Waals surface area contributed by atoms with Crippen molar-refractivity contribution >= 4 is 21.4 Å². The summed E-state index contributed by atoms with van der Waals surface area (Å²) in [5, 5.41) is 2.98. The van der Waals surface area contributed by atoms with E-state index < -0.39 is 10.0 Å². The molecule has 0 aliphatic carbocycles. The second-order valence-electron chi connectivity index (χ2n) is 7.43. The Kier molecular flexibility index (Phi) is 6.58. The van der Waals surface area contributed by atoms with Crippen LogP contribution >= 0.6 is 11.3 Å². The van der Waals surface area contributed by atoms with Crippen LogP contribution in [0.5, 0.6) is 0 Å². The van der Waals surface area contributed by atoms with Gasteiger partial charge in [-0.1, -0.05) is 31.5 Å². The lowest BCUT2D eigenvalue weighted by Crippen LogP contribution is -2.48. The number of sulfonamides is 1. The first kappa shape index (κ1) is 21.1. The third-order valence-electron chi connectivity index (χ3n) is 5.25. The van der Waals surface area contributed by atoms with Crippen LogP contribution in [0.25, 0.3) is 10.7 Å². The van der Waals surface area contributed by atoms with Gasteiger partial charge in [0.05, 0.1) is 16.3 Å². The standard InChI is InChI=1S/C22H26N4O2S2/c1-2-5-18-7-9-20(10-8-18)30(27,28)26-14-12-25(13-15-26)16-19-17-29-22(24-19)21-6-3-4-11-23-21/h3-4,6-11,17H,2,5,12-16H2,1H3. The zero-order chi connectivity index (χ0) is 21.0. The van der Waals surface area contributed by atoms with Gasteiger partial charge in [-0.05, 0) is 36.2 Å². The Morgan fingerprint density at radius 3 is 2.47 bits per heavy atom. The number of benzene rings is 1. The normalized spacial score (nSPS) is 16.0. The van der Waals surface area contributed by atoms with E-state index in [0.717, 1.165) is 35.8 Å². The summed E-state index contributed by atoms with van der Waals surface area (Å²) >= 11 is 1.59. The fraction of sp³-hybridized carbons (Fsp3) is 0.364. The molecule has 3 aromatic rings. The molecule has 4 rings (SSSR count). The van der Waals surface area contributed by atoms with Gasteiger partial charge in [-0.15, -0.1) is 11.3 Å². The Morgan fingerprint density at radius 1 is 1.03 bits per heavy atom. The van der Waals surface area contributed by atoms with E-state index in [4.69, 9.17) is 4.98 Å². The van der Waals surface area contributed by atoms with Crippen molar-refractivity contribution in [1.82, 2.24) is 19.2 Å². The van der Waals surface area contributed by atoms with E-state index in [1.165, 1.54) is 5.56 Å². The maximum Gasteiger partial charge on any atom is 0.243 e. The zero-order valence-electron chi connectivity index (χ0n) is 17.1. The van der Waals surface area contributed by atoms with Crippen LogP contribution < -0.4 is 0 Å². The van der Waals surface area contributed by atoms with Crippen molar-refractivity contribution in [3.8, 4) is 10.7 Å². The Hall–Kier alpha value is -2.13. The number of nitrogens with zero attached hydrogens (tertiary/aromatic N) is 4. The molecule has 0 bridgehead atoms. The molecule has 158 valence electrons. The Bertz CT molecular complexity index is 1060. The maximum absolute atomic E-state index is 13.0. The first-order chi connectivity index (χ1) is 14.6. The minimum absolute atomic E-state index is 0.385. The first-order valence-corrected chi connectivity index (χ1v) is 12.6. The third kappa shape index (κ3) is 4.78. The molecule has 2 aromatic heterocycles. The van der Waals surface area contributed by atoms with E-state index in [2.05, 4.69) is 22.2 Å². The number of rotatable bonds is 7. The summed E-state index contributed by atoms with van der Waals surface area (Å²) in [4.78, 5) is 11.7. The summed E-state index contributed by atoms with van der Waals surface area (Å²) in [6, 6.07) is 13.1. The number of hydrogen-bond acceptors (Lipinski definition) is 6. The largest absolute Gasteiger partial charge is 0.295 e. The number of hydrogen-bond donors (Lipinski definition) is 0. The van der Waals surface area contributed by atoms with Gasteiger partial charge in [0.25, 0.3) is 0 Å². The van der Waals surface area contributed by atoms with Crippen LogP contribution in [0.2, 0.25) is 0 Å². The molecule has 30 heavy (non-hydrogen) atoms. The molecule has 0 spiro atoms. The van der Waals surface area contributed by atoms with Gasteiger partial charge in [0.2, 0.25) is 10.0 Å². The smallest absolute Gasteiger partial charge is 0.243 e. The van der Waals surface area contributed by atoms with E-state index >= 15 is 0 Å². The molecule has 8 heteroatoms. The topological polar surface area (TPSA) is 66.4 Å². The average molecular weight is 443 g/mol. The second-order valence-corrected chi connectivity index (χ2v) is 10.2. The molecule has 0 radical (unpaired) electrons. The number of thiazole rings is 1. The van der Waals surface area contributed by atoms with E-state index in [0.29, 0.717) is 31.1 Å². The van der Waals surface area contributed by atoms with E-state index in [1.54, 1.807) is 34.0 Å². The lowest BCUT2D eigenvalue weighted by atomic mass is 10.1. The summed E-state index contributed by atoms with van der Waals surface area (Å²) in [7, 11) is -3.44. The van der Waals surface area contributed by atoms with Gasteiger partial charge in [-0.25, -0.2) is 13.4 Å². The molecule has 0 atom stereocenters. The van der Waals surface area contributed by atoms with Gasteiger partial charge < -0.3 is 0 Å². The van der Waals surface area contributed by atoms with Crippen LogP contribution in [0.15, 0.2) is 58.9 Å². The van der Waals surface area contributed by atoms with Crippen molar-refractivity contribution in [3.05, 3.63) is 65.3 Å². The fourth-order valence-electron chi connectivity index (χ4n) is 3.61. The molecule has 6 nitrogen and oxygen atoms in total. The molecule has 3 heterocycles. The SMILES string of the molecule is CCCc1ccc(S(=O)(=O)N2CCN(Cc3csc(-c4ccccn4)n3)CC2)cc1. The number of aryl methyl sites for hydroxylation is 1. The van der Waals surface area contributed by atoms with Crippen LogP contribution in [-0.4, -0.2) is 53.8 Å². The van der Waals surface area contributed by atoms with Gasteiger partial charge >= 0.3 is 0 Å². The van der Waals surface area contributed by atoms with Crippen molar-refractivity contribution in [2.75, 3.05) is 26.2 Å². The zero-order valence-corrected chi connectivity index (χ0v) is 18.7. The summed E-state index contributed by atoms with van der Waals surface area (Å²) < 4.78 is 27.5. The summed E-state index contributed by atoms with van der Waals surface area (Å²) in [5.74, 6) is 0. The minimum atomic E-state index is -3.44. The van der Waals surface area contributed by atoms with Gasteiger partial charge in [0, 0.05) is 44.3 Å². The van der Waals surface area contributed by atoms with E-state index in [-0.39, 0.29) is 0 Å². The number of aromatic nitrogens is 2. The molecule has 0 N–H and O–H groups in total. The van der Waals surface area contributed by atoms with Crippen LogP contribution in [0.4, 0.5) is 0 Å². The quantitative estimate of drug-likeness (QED) is 0.559. The van der Waals surface area contributed by atoms with E-state index in [1.807, 2.05) is 30.3 Å². The predicted molar refractivity (Wildman–Crippen MR) is 120 cm³/mol. The number of piperazine rings is 1. The lowest BCUT2D eigenvalue weighted by Gasteiger charge is -2.33. The van der Waals surface area contributed by atoms with Crippen molar-refractivity contribution in [2.45, 2.75) is 31.2 Å². The predicted octanol–water partition coefficient (Wildman–Crippen LogP) is 3.66. The van der Waals surface area contributed by atoms with Crippen molar-refractivity contribution in [1.29, 1.82) is 0 Å². The van der Waals surface area contributed by atoms with Gasteiger partial charge in [0.15, 0.2) is 0 Å². The summed E-state index contributed by atoms with van der Waals surface area (Å²) in [6.07, 6.45) is 3.79. The maximum atomic E-state index is 13.0. The number of pyridine rings is 1. The average Bonchev–Trinajstić information content (AvgIpc) is 3.24. The Balaban J connectivity index is 1.35. The van der Waals surface area contributed by atoms with Gasteiger partial charge in [0.1, 0.15) is 5.01 Å².